The quantitative estimate of drug-likeness (QED) is 0.597. The van der Waals surface area contributed by atoms with Crippen LogP contribution in [0.1, 0.15) is 33.1 Å². The number of anilines is 1. The number of pyridine rings is 1. The van der Waals surface area contributed by atoms with E-state index in [0.29, 0.717) is 12.2 Å². The summed E-state index contributed by atoms with van der Waals surface area (Å²) in [6.45, 7) is 9.79. The van der Waals surface area contributed by atoms with E-state index in [-0.39, 0.29) is 0 Å². The highest BCUT2D eigenvalue weighted by Gasteiger charge is 2.25. The lowest BCUT2D eigenvalue weighted by Gasteiger charge is -2.37. The molecule has 0 N–H and O–H groups in total. The minimum Gasteiger partial charge on any atom is -0.373 e. The molecule has 2 unspecified atom stereocenters. The Morgan fingerprint density at radius 1 is 0.938 bits per heavy atom. The van der Waals surface area contributed by atoms with Crippen molar-refractivity contribution < 1.29 is 4.74 Å². The number of hydrogen-bond acceptors (Lipinski definition) is 6. The van der Waals surface area contributed by atoms with Crippen molar-refractivity contribution in [3.05, 3.63) is 48.8 Å². The standard InChI is InChI=1S/C26H33N5O/c1-19-17-30(18-20(2)32-19)14-9-21-10-15-31(16-11-21)26-23-5-3-4-6-24(23)28-25(29-26)22-7-12-27-13-8-22/h3-8,12-13,19-21H,9-11,14-18H2,1-2H3. The maximum Gasteiger partial charge on any atom is 0.162 e. The molecule has 6 nitrogen and oxygen atoms in total. The maximum atomic E-state index is 5.88. The Morgan fingerprint density at radius 2 is 1.66 bits per heavy atom. The Bertz CT molecular complexity index is 1020. The molecule has 3 aromatic rings. The van der Waals surface area contributed by atoms with Gasteiger partial charge >= 0.3 is 0 Å². The van der Waals surface area contributed by atoms with E-state index in [9.17, 15) is 0 Å². The summed E-state index contributed by atoms with van der Waals surface area (Å²) in [6.07, 6.45) is 8.02. The van der Waals surface area contributed by atoms with E-state index >= 15 is 0 Å². The molecule has 168 valence electrons. The lowest BCUT2D eigenvalue weighted by atomic mass is 9.93. The molecule has 2 aliphatic rings. The monoisotopic (exact) mass is 431 g/mol. The number of benzene rings is 1. The van der Waals surface area contributed by atoms with Crippen molar-refractivity contribution in [2.24, 2.45) is 5.92 Å². The van der Waals surface area contributed by atoms with E-state index in [1.807, 2.05) is 12.1 Å². The van der Waals surface area contributed by atoms with Crippen molar-refractivity contribution in [3.8, 4) is 11.4 Å². The fourth-order valence-corrected chi connectivity index (χ4v) is 5.20. The minimum absolute atomic E-state index is 0.348. The number of nitrogens with zero attached hydrogens (tertiary/aromatic N) is 5. The highest BCUT2D eigenvalue weighted by molar-refractivity contribution is 5.91. The number of aromatic nitrogens is 3. The van der Waals surface area contributed by atoms with Crippen LogP contribution in [0, 0.1) is 5.92 Å². The smallest absolute Gasteiger partial charge is 0.162 e. The zero-order valence-electron chi connectivity index (χ0n) is 19.2. The number of morpholine rings is 1. The van der Waals surface area contributed by atoms with Gasteiger partial charge in [-0.25, -0.2) is 9.97 Å². The summed E-state index contributed by atoms with van der Waals surface area (Å²) in [7, 11) is 0. The molecule has 1 aromatic carbocycles. The van der Waals surface area contributed by atoms with Crippen molar-refractivity contribution in [2.45, 2.75) is 45.3 Å². The molecule has 6 heteroatoms. The summed E-state index contributed by atoms with van der Waals surface area (Å²) in [5, 5.41) is 1.14. The van der Waals surface area contributed by atoms with Gasteiger partial charge in [0.25, 0.3) is 0 Å². The van der Waals surface area contributed by atoms with Crippen LogP contribution >= 0.6 is 0 Å². The molecule has 32 heavy (non-hydrogen) atoms. The second kappa shape index (κ2) is 9.51. The summed E-state index contributed by atoms with van der Waals surface area (Å²) in [5.74, 6) is 2.63. The number of ether oxygens (including phenoxy) is 1. The Morgan fingerprint density at radius 3 is 2.41 bits per heavy atom. The Balaban J connectivity index is 1.27. The molecule has 0 bridgehead atoms. The first kappa shape index (κ1) is 21.3. The van der Waals surface area contributed by atoms with Gasteiger partial charge in [-0.15, -0.1) is 0 Å². The molecule has 0 spiro atoms. The van der Waals surface area contributed by atoms with Crippen LogP contribution in [0.25, 0.3) is 22.3 Å². The molecule has 0 saturated carbocycles. The zero-order valence-corrected chi connectivity index (χ0v) is 19.2. The lowest BCUT2D eigenvalue weighted by Crippen LogP contribution is -2.46. The van der Waals surface area contributed by atoms with Gasteiger partial charge in [0, 0.05) is 49.5 Å². The van der Waals surface area contributed by atoms with E-state index in [1.54, 1.807) is 12.4 Å². The van der Waals surface area contributed by atoms with Crippen LogP contribution < -0.4 is 4.90 Å². The molecule has 2 fully saturated rings. The summed E-state index contributed by atoms with van der Waals surface area (Å²) in [5.41, 5.74) is 2.01. The molecular weight excluding hydrogens is 398 g/mol. The first-order chi connectivity index (χ1) is 15.7. The topological polar surface area (TPSA) is 54.4 Å². The van der Waals surface area contributed by atoms with Crippen LogP contribution in [-0.2, 0) is 4.74 Å². The van der Waals surface area contributed by atoms with E-state index in [2.05, 4.69) is 52.9 Å². The third kappa shape index (κ3) is 4.76. The van der Waals surface area contributed by atoms with Gasteiger partial charge < -0.3 is 9.64 Å². The van der Waals surface area contributed by atoms with Gasteiger partial charge in [-0.1, -0.05) is 12.1 Å². The van der Waals surface area contributed by atoms with Crippen molar-refractivity contribution >= 4 is 16.7 Å². The van der Waals surface area contributed by atoms with Gasteiger partial charge in [0.1, 0.15) is 5.82 Å². The molecule has 2 aromatic heterocycles. The zero-order chi connectivity index (χ0) is 21.9. The van der Waals surface area contributed by atoms with Gasteiger partial charge in [-0.05, 0) is 69.8 Å². The Labute approximate surface area is 190 Å². The van der Waals surface area contributed by atoms with E-state index in [4.69, 9.17) is 14.7 Å². The highest BCUT2D eigenvalue weighted by Crippen LogP contribution is 2.31. The lowest BCUT2D eigenvalue weighted by molar-refractivity contribution is -0.0690. The van der Waals surface area contributed by atoms with E-state index in [1.165, 1.54) is 25.8 Å². The van der Waals surface area contributed by atoms with Crippen molar-refractivity contribution in [2.75, 3.05) is 37.6 Å². The van der Waals surface area contributed by atoms with Crippen LogP contribution in [0.2, 0.25) is 0 Å². The molecule has 2 aliphatic heterocycles. The van der Waals surface area contributed by atoms with Crippen molar-refractivity contribution in [1.82, 2.24) is 19.9 Å². The molecule has 0 aliphatic carbocycles. The number of para-hydroxylation sites is 1. The Hall–Kier alpha value is -2.57. The van der Waals surface area contributed by atoms with Crippen molar-refractivity contribution in [1.29, 1.82) is 0 Å². The molecular formula is C26H33N5O. The van der Waals surface area contributed by atoms with Crippen LogP contribution in [0.5, 0.6) is 0 Å². The second-order valence-electron chi connectivity index (χ2n) is 9.36. The number of fused-ring (bicyclic) bond motifs is 1. The summed E-state index contributed by atoms with van der Waals surface area (Å²) in [6, 6.07) is 12.3. The van der Waals surface area contributed by atoms with Crippen molar-refractivity contribution in [3.63, 3.8) is 0 Å². The minimum atomic E-state index is 0.348. The summed E-state index contributed by atoms with van der Waals surface area (Å²) < 4.78 is 5.88. The van der Waals surface area contributed by atoms with Gasteiger partial charge in [0.05, 0.1) is 17.7 Å². The fraction of sp³-hybridized carbons (Fsp3) is 0.500. The number of hydrogen-bond donors (Lipinski definition) is 0. The van der Waals surface area contributed by atoms with Gasteiger partial charge in [-0.3, -0.25) is 9.88 Å². The molecule has 2 atom stereocenters. The second-order valence-corrected chi connectivity index (χ2v) is 9.36. The fourth-order valence-electron chi connectivity index (χ4n) is 5.20. The summed E-state index contributed by atoms with van der Waals surface area (Å²) in [4.78, 5) is 19.0. The van der Waals surface area contributed by atoms with Crippen LogP contribution in [0.3, 0.4) is 0 Å². The predicted molar refractivity (Wildman–Crippen MR) is 129 cm³/mol. The van der Waals surface area contributed by atoms with E-state index < -0.39 is 0 Å². The Kier molecular flexibility index (Phi) is 6.32. The average molecular weight is 432 g/mol. The molecule has 0 amide bonds. The maximum absolute atomic E-state index is 5.88. The van der Waals surface area contributed by atoms with Crippen LogP contribution in [0.15, 0.2) is 48.8 Å². The number of rotatable bonds is 5. The molecule has 2 saturated heterocycles. The first-order valence-electron chi connectivity index (χ1n) is 12.0. The third-order valence-electron chi connectivity index (χ3n) is 6.78. The van der Waals surface area contributed by atoms with E-state index in [0.717, 1.165) is 60.2 Å². The normalized spacial score (nSPS) is 23.0. The molecule has 0 radical (unpaired) electrons. The van der Waals surface area contributed by atoms with Gasteiger partial charge in [-0.2, -0.15) is 0 Å². The predicted octanol–water partition coefficient (Wildman–Crippen LogP) is 4.41. The number of piperidine rings is 1. The third-order valence-corrected chi connectivity index (χ3v) is 6.78. The highest BCUT2D eigenvalue weighted by atomic mass is 16.5. The van der Waals surface area contributed by atoms with Crippen LogP contribution in [-0.4, -0.2) is 64.8 Å². The summed E-state index contributed by atoms with van der Waals surface area (Å²) >= 11 is 0. The first-order valence-corrected chi connectivity index (χ1v) is 12.0. The molecule has 5 rings (SSSR count). The average Bonchev–Trinajstić information content (AvgIpc) is 2.82. The van der Waals surface area contributed by atoms with Gasteiger partial charge in [0.15, 0.2) is 5.82 Å². The van der Waals surface area contributed by atoms with Gasteiger partial charge in [0.2, 0.25) is 0 Å². The van der Waals surface area contributed by atoms with Crippen LogP contribution in [0.4, 0.5) is 5.82 Å². The molecule has 4 heterocycles. The largest absolute Gasteiger partial charge is 0.373 e. The SMILES string of the molecule is CC1CN(CCC2CCN(c3nc(-c4ccncc4)nc4ccccc34)CC2)CC(C)O1.